The predicted octanol–water partition coefficient (Wildman–Crippen LogP) is 0.976. The molecule has 0 radical (unpaired) electrons. The zero-order valence-corrected chi connectivity index (χ0v) is 11.9. The lowest BCUT2D eigenvalue weighted by atomic mass is 9.97. The number of rotatable bonds is 3. The van der Waals surface area contributed by atoms with Gasteiger partial charge in [-0.15, -0.1) is 0 Å². The van der Waals surface area contributed by atoms with Gasteiger partial charge in [0.15, 0.2) is 5.17 Å². The van der Waals surface area contributed by atoms with E-state index < -0.39 is 0 Å². The molecule has 0 saturated carbocycles. The second-order valence-electron chi connectivity index (χ2n) is 5.13. The summed E-state index contributed by atoms with van der Waals surface area (Å²) in [5.74, 6) is 1.09. The first-order chi connectivity index (χ1) is 7.91. The minimum atomic E-state index is -0.0637. The molecule has 1 aliphatic heterocycles. The van der Waals surface area contributed by atoms with E-state index in [1.807, 2.05) is 0 Å². The molecule has 2 amide bonds. The monoisotopic (exact) mass is 258 g/mol. The fourth-order valence-electron chi connectivity index (χ4n) is 1.24. The molecule has 1 heterocycles. The lowest BCUT2D eigenvalue weighted by molar-refractivity contribution is 0.217. The van der Waals surface area contributed by atoms with E-state index in [1.54, 1.807) is 25.9 Å². The van der Waals surface area contributed by atoms with Crippen LogP contribution in [-0.2, 0) is 0 Å². The van der Waals surface area contributed by atoms with Crippen LogP contribution in [0.2, 0.25) is 0 Å². The van der Waals surface area contributed by atoms with Crippen molar-refractivity contribution in [2.45, 2.75) is 13.8 Å². The van der Waals surface area contributed by atoms with Crippen molar-refractivity contribution >= 4 is 23.0 Å². The summed E-state index contributed by atoms with van der Waals surface area (Å²) in [6.07, 6.45) is 0. The van der Waals surface area contributed by atoms with Crippen LogP contribution in [0, 0.1) is 5.41 Å². The zero-order chi connectivity index (χ0) is 12.9. The summed E-state index contributed by atoms with van der Waals surface area (Å²) in [4.78, 5) is 17.2. The van der Waals surface area contributed by atoms with Crippen molar-refractivity contribution in [1.82, 2.24) is 15.5 Å². The highest BCUT2D eigenvalue weighted by atomic mass is 32.2. The Hall–Kier alpha value is -0.910. The van der Waals surface area contributed by atoms with E-state index in [9.17, 15) is 4.79 Å². The molecule has 5 nitrogen and oxygen atoms in total. The van der Waals surface area contributed by atoms with E-state index in [0.717, 1.165) is 17.5 Å². The molecule has 2 N–H and O–H groups in total. The lowest BCUT2D eigenvalue weighted by Crippen LogP contribution is -2.40. The molecule has 0 aromatic rings. The van der Waals surface area contributed by atoms with Gasteiger partial charge in [0.1, 0.15) is 0 Å². The van der Waals surface area contributed by atoms with Gasteiger partial charge in [0.05, 0.1) is 0 Å². The number of aliphatic imine (C=N–C) groups is 1. The van der Waals surface area contributed by atoms with Crippen molar-refractivity contribution in [2.24, 2.45) is 10.4 Å². The van der Waals surface area contributed by atoms with Gasteiger partial charge in [0.25, 0.3) is 0 Å². The van der Waals surface area contributed by atoms with Gasteiger partial charge < -0.3 is 15.5 Å². The van der Waals surface area contributed by atoms with Crippen molar-refractivity contribution in [2.75, 3.05) is 39.5 Å². The van der Waals surface area contributed by atoms with Crippen LogP contribution in [-0.4, -0.2) is 55.6 Å². The summed E-state index contributed by atoms with van der Waals surface area (Å²) in [6.45, 7) is 6.63. The summed E-state index contributed by atoms with van der Waals surface area (Å²) in [6, 6.07) is -0.0637. The number of carbonyl (C=O) groups excluding carboxylic acids is 1. The smallest absolute Gasteiger partial charge is 0.316 e. The van der Waals surface area contributed by atoms with E-state index in [2.05, 4.69) is 29.5 Å². The van der Waals surface area contributed by atoms with Crippen LogP contribution in [0.5, 0.6) is 0 Å². The normalized spacial score (nSPS) is 18.2. The van der Waals surface area contributed by atoms with Crippen molar-refractivity contribution in [1.29, 1.82) is 0 Å². The summed E-state index contributed by atoms with van der Waals surface area (Å²) >= 11 is 1.75. The highest BCUT2D eigenvalue weighted by molar-refractivity contribution is 8.13. The second-order valence-corrected chi connectivity index (χ2v) is 6.09. The third kappa shape index (κ3) is 5.30. The van der Waals surface area contributed by atoms with Crippen LogP contribution < -0.4 is 10.6 Å². The van der Waals surface area contributed by atoms with Gasteiger partial charge in [-0.05, 0) is 5.41 Å². The number of hydrogen-bond donors (Lipinski definition) is 2. The van der Waals surface area contributed by atoms with E-state index in [1.165, 1.54) is 4.90 Å². The number of amides is 2. The van der Waals surface area contributed by atoms with E-state index >= 15 is 0 Å². The third-order valence-electron chi connectivity index (χ3n) is 2.33. The Labute approximate surface area is 107 Å². The number of hydrogen-bond acceptors (Lipinski definition) is 4. The van der Waals surface area contributed by atoms with Crippen molar-refractivity contribution in [3.8, 4) is 0 Å². The van der Waals surface area contributed by atoms with Crippen LogP contribution >= 0.6 is 11.8 Å². The first-order valence-electron chi connectivity index (χ1n) is 5.77. The number of amidine groups is 1. The standard InChI is InChI=1S/C11H22N4OS/c1-11(2)7-14-9(17-8-11)12-5-6-13-10(16)15(3)4/h5-8H2,1-4H3,(H,12,14)(H,13,16). The molecule has 1 aliphatic rings. The Morgan fingerprint density at radius 2 is 2.18 bits per heavy atom. The Morgan fingerprint density at radius 1 is 1.47 bits per heavy atom. The quantitative estimate of drug-likeness (QED) is 0.742. The topological polar surface area (TPSA) is 56.7 Å². The van der Waals surface area contributed by atoms with E-state index in [-0.39, 0.29) is 6.03 Å². The predicted molar refractivity (Wildman–Crippen MR) is 73.6 cm³/mol. The summed E-state index contributed by atoms with van der Waals surface area (Å²) in [7, 11) is 3.46. The molecule has 0 bridgehead atoms. The maximum absolute atomic E-state index is 11.2. The number of nitrogens with zero attached hydrogens (tertiary/aromatic N) is 2. The van der Waals surface area contributed by atoms with Crippen molar-refractivity contribution in [3.63, 3.8) is 0 Å². The molecule has 0 atom stereocenters. The fourth-order valence-corrected chi connectivity index (χ4v) is 2.22. The molecule has 0 aliphatic carbocycles. The first kappa shape index (κ1) is 14.2. The highest BCUT2D eigenvalue weighted by Crippen LogP contribution is 2.26. The zero-order valence-electron chi connectivity index (χ0n) is 11.0. The second kappa shape index (κ2) is 6.14. The van der Waals surface area contributed by atoms with Crippen LogP contribution in [0.3, 0.4) is 0 Å². The van der Waals surface area contributed by atoms with Gasteiger partial charge in [-0.2, -0.15) is 0 Å². The molecule has 0 fully saturated rings. The van der Waals surface area contributed by atoms with Crippen LogP contribution in [0.1, 0.15) is 13.8 Å². The summed E-state index contributed by atoms with van der Waals surface area (Å²) < 4.78 is 0. The van der Waals surface area contributed by atoms with Crippen molar-refractivity contribution < 1.29 is 4.79 Å². The van der Waals surface area contributed by atoms with Crippen LogP contribution in [0.15, 0.2) is 4.99 Å². The first-order valence-corrected chi connectivity index (χ1v) is 6.75. The number of thioether (sulfide) groups is 1. The molecule has 0 spiro atoms. The third-order valence-corrected chi connectivity index (χ3v) is 3.81. The largest absolute Gasteiger partial charge is 0.363 e. The number of nitrogens with one attached hydrogen (secondary N) is 2. The maximum atomic E-state index is 11.2. The molecular formula is C11H22N4OS. The van der Waals surface area contributed by atoms with Gasteiger partial charge in [-0.25, -0.2) is 4.79 Å². The molecule has 6 heteroatoms. The molecule has 0 aromatic carbocycles. The summed E-state index contributed by atoms with van der Waals surface area (Å²) in [5.41, 5.74) is 0.301. The summed E-state index contributed by atoms with van der Waals surface area (Å²) in [5, 5.41) is 7.02. The highest BCUT2D eigenvalue weighted by Gasteiger charge is 2.22. The molecule has 98 valence electrons. The minimum absolute atomic E-state index is 0.0637. The Balaban J connectivity index is 2.16. The Kier molecular flexibility index (Phi) is 5.11. The Morgan fingerprint density at radius 3 is 2.71 bits per heavy atom. The molecular weight excluding hydrogens is 236 g/mol. The van der Waals surface area contributed by atoms with E-state index in [0.29, 0.717) is 18.5 Å². The Bertz CT molecular complexity index is 302. The molecule has 0 saturated heterocycles. The lowest BCUT2D eigenvalue weighted by Gasteiger charge is -2.27. The number of urea groups is 1. The number of carbonyl (C=O) groups is 1. The van der Waals surface area contributed by atoms with Gasteiger partial charge in [-0.3, -0.25) is 4.99 Å². The van der Waals surface area contributed by atoms with E-state index in [4.69, 9.17) is 0 Å². The molecule has 0 unspecified atom stereocenters. The molecule has 17 heavy (non-hydrogen) atoms. The molecule has 1 rings (SSSR count). The van der Waals surface area contributed by atoms with Gasteiger partial charge in [0, 0.05) is 39.5 Å². The van der Waals surface area contributed by atoms with Gasteiger partial charge in [0.2, 0.25) is 0 Å². The molecule has 0 aromatic heterocycles. The maximum Gasteiger partial charge on any atom is 0.316 e. The SMILES string of the molecule is CN(C)C(=O)NCCNC1=NCC(C)(C)CS1. The average Bonchev–Trinajstić information content (AvgIpc) is 2.25. The van der Waals surface area contributed by atoms with Crippen LogP contribution in [0.4, 0.5) is 4.79 Å². The van der Waals surface area contributed by atoms with Gasteiger partial charge in [-0.1, -0.05) is 25.6 Å². The van der Waals surface area contributed by atoms with Gasteiger partial charge >= 0.3 is 6.03 Å². The fraction of sp³-hybridized carbons (Fsp3) is 0.818. The van der Waals surface area contributed by atoms with Crippen molar-refractivity contribution in [3.05, 3.63) is 0 Å². The minimum Gasteiger partial charge on any atom is -0.363 e. The average molecular weight is 258 g/mol. The van der Waals surface area contributed by atoms with Crippen LogP contribution in [0.25, 0.3) is 0 Å².